The van der Waals surface area contributed by atoms with E-state index in [-0.39, 0.29) is 0 Å². The molecule has 7 nitrogen and oxygen atoms in total. The van der Waals surface area contributed by atoms with E-state index in [0.29, 0.717) is 6.54 Å². The van der Waals surface area contributed by atoms with Gasteiger partial charge in [0.05, 0.1) is 6.20 Å². The first-order valence-corrected chi connectivity index (χ1v) is 8.75. The van der Waals surface area contributed by atoms with Gasteiger partial charge in [-0.15, -0.1) is 0 Å². The lowest BCUT2D eigenvalue weighted by Gasteiger charge is -2.36. The number of hydrogen-bond donors (Lipinski definition) is 1. The highest BCUT2D eigenvalue weighted by atomic mass is 15.3. The van der Waals surface area contributed by atoms with Gasteiger partial charge in [-0.2, -0.15) is 0 Å². The first kappa shape index (κ1) is 16.3. The molecule has 0 aliphatic carbocycles. The van der Waals surface area contributed by atoms with Crippen molar-refractivity contribution in [1.29, 1.82) is 0 Å². The predicted molar refractivity (Wildman–Crippen MR) is 102 cm³/mol. The fraction of sp³-hybridized carbons (Fsp3) is 0.263. The topological polar surface area (TPSA) is 70.1 Å². The minimum absolute atomic E-state index is 0.669. The third-order valence-corrected chi connectivity index (χ3v) is 4.44. The van der Waals surface area contributed by atoms with Crippen molar-refractivity contribution in [2.24, 2.45) is 0 Å². The van der Waals surface area contributed by atoms with E-state index in [1.54, 1.807) is 18.6 Å². The molecule has 0 saturated carbocycles. The second kappa shape index (κ2) is 7.77. The van der Waals surface area contributed by atoms with Crippen LogP contribution >= 0.6 is 0 Å². The summed E-state index contributed by atoms with van der Waals surface area (Å²) >= 11 is 0. The maximum absolute atomic E-state index is 4.63. The molecule has 1 fully saturated rings. The Morgan fingerprint density at radius 1 is 0.808 bits per heavy atom. The van der Waals surface area contributed by atoms with Crippen LogP contribution in [0.5, 0.6) is 0 Å². The Morgan fingerprint density at radius 2 is 1.65 bits per heavy atom. The molecular formula is C19H21N7. The first-order valence-electron chi connectivity index (χ1n) is 8.75. The van der Waals surface area contributed by atoms with Crippen LogP contribution in [0.15, 0.2) is 61.3 Å². The van der Waals surface area contributed by atoms with Crippen molar-refractivity contribution in [3.8, 4) is 0 Å². The van der Waals surface area contributed by atoms with Crippen molar-refractivity contribution in [1.82, 2.24) is 19.9 Å². The molecule has 0 radical (unpaired) electrons. The molecule has 1 saturated heterocycles. The van der Waals surface area contributed by atoms with E-state index in [0.717, 1.165) is 49.2 Å². The largest absolute Gasteiger partial charge is 0.365 e. The molecule has 0 atom stereocenters. The Morgan fingerprint density at radius 3 is 2.42 bits per heavy atom. The monoisotopic (exact) mass is 347 g/mol. The van der Waals surface area contributed by atoms with Crippen LogP contribution < -0.4 is 15.1 Å². The van der Waals surface area contributed by atoms with Gasteiger partial charge in [0.2, 0.25) is 0 Å². The van der Waals surface area contributed by atoms with E-state index in [1.807, 2.05) is 30.6 Å². The predicted octanol–water partition coefficient (Wildman–Crippen LogP) is 2.21. The molecule has 3 aromatic rings. The van der Waals surface area contributed by atoms with Gasteiger partial charge in [0, 0.05) is 63.1 Å². The lowest BCUT2D eigenvalue weighted by atomic mass is 10.2. The molecule has 4 heterocycles. The van der Waals surface area contributed by atoms with E-state index in [1.165, 1.54) is 0 Å². The molecule has 26 heavy (non-hydrogen) atoms. The Bertz CT molecular complexity index is 818. The minimum Gasteiger partial charge on any atom is -0.365 e. The van der Waals surface area contributed by atoms with Crippen LogP contribution in [0.1, 0.15) is 5.56 Å². The van der Waals surface area contributed by atoms with Crippen molar-refractivity contribution >= 4 is 17.5 Å². The van der Waals surface area contributed by atoms with E-state index < -0.39 is 0 Å². The normalized spacial score (nSPS) is 14.3. The van der Waals surface area contributed by atoms with E-state index in [9.17, 15) is 0 Å². The molecule has 0 aromatic carbocycles. The van der Waals surface area contributed by atoms with Gasteiger partial charge in [0.25, 0.3) is 0 Å². The highest BCUT2D eigenvalue weighted by Gasteiger charge is 2.20. The summed E-state index contributed by atoms with van der Waals surface area (Å²) < 4.78 is 0. The van der Waals surface area contributed by atoms with Crippen LogP contribution in [0.3, 0.4) is 0 Å². The maximum Gasteiger partial charge on any atom is 0.144 e. The molecule has 1 N–H and O–H groups in total. The molecular weight excluding hydrogens is 326 g/mol. The lowest BCUT2D eigenvalue weighted by molar-refractivity contribution is 0.639. The van der Waals surface area contributed by atoms with Crippen LogP contribution in [-0.2, 0) is 6.54 Å². The van der Waals surface area contributed by atoms with Crippen LogP contribution in [0.2, 0.25) is 0 Å². The smallest absolute Gasteiger partial charge is 0.144 e. The Labute approximate surface area is 152 Å². The standard InChI is InChI=1S/C19H21N7/c1-2-6-22-18(5-1)25-10-12-26(13-11-25)19-16(4-3-7-23-19)14-24-17-15-20-8-9-21-17/h1-9,15H,10-14H2,(H,21,24). The number of nitrogens with zero attached hydrogens (tertiary/aromatic N) is 6. The van der Waals surface area contributed by atoms with Crippen LogP contribution in [0.4, 0.5) is 17.5 Å². The van der Waals surface area contributed by atoms with Crippen molar-refractivity contribution in [2.45, 2.75) is 6.54 Å². The van der Waals surface area contributed by atoms with Crippen molar-refractivity contribution in [3.05, 3.63) is 66.9 Å². The Kier molecular flexibility index (Phi) is 4.86. The number of pyridine rings is 2. The second-order valence-corrected chi connectivity index (χ2v) is 6.09. The van der Waals surface area contributed by atoms with Gasteiger partial charge in [-0.1, -0.05) is 12.1 Å². The third-order valence-electron chi connectivity index (χ3n) is 4.44. The van der Waals surface area contributed by atoms with Gasteiger partial charge in [0.15, 0.2) is 0 Å². The third kappa shape index (κ3) is 3.72. The molecule has 0 unspecified atom stereocenters. The summed E-state index contributed by atoms with van der Waals surface area (Å²) in [5, 5.41) is 3.31. The summed E-state index contributed by atoms with van der Waals surface area (Å²) in [7, 11) is 0. The zero-order valence-corrected chi connectivity index (χ0v) is 14.5. The van der Waals surface area contributed by atoms with Crippen molar-refractivity contribution in [2.75, 3.05) is 41.3 Å². The summed E-state index contributed by atoms with van der Waals surface area (Å²) in [6.07, 6.45) is 8.77. The second-order valence-electron chi connectivity index (χ2n) is 6.09. The molecule has 0 amide bonds. The molecule has 1 aliphatic heterocycles. The summed E-state index contributed by atoms with van der Waals surface area (Å²) in [6, 6.07) is 10.1. The quantitative estimate of drug-likeness (QED) is 0.759. The number of aromatic nitrogens is 4. The van der Waals surface area contributed by atoms with Gasteiger partial charge in [-0.3, -0.25) is 4.98 Å². The highest BCUT2D eigenvalue weighted by Crippen LogP contribution is 2.21. The van der Waals surface area contributed by atoms with Crippen LogP contribution in [-0.4, -0.2) is 46.1 Å². The molecule has 4 rings (SSSR count). The fourth-order valence-electron chi connectivity index (χ4n) is 3.12. The average Bonchev–Trinajstić information content (AvgIpc) is 2.74. The van der Waals surface area contributed by atoms with Crippen molar-refractivity contribution < 1.29 is 0 Å². The zero-order chi connectivity index (χ0) is 17.6. The number of anilines is 3. The van der Waals surface area contributed by atoms with Crippen LogP contribution in [0, 0.1) is 0 Å². The van der Waals surface area contributed by atoms with Crippen molar-refractivity contribution in [3.63, 3.8) is 0 Å². The fourth-order valence-corrected chi connectivity index (χ4v) is 3.12. The SMILES string of the molecule is c1ccc(N2CCN(c3ncccc3CNc3cnccn3)CC2)nc1. The molecule has 132 valence electrons. The van der Waals surface area contributed by atoms with E-state index in [2.05, 4.69) is 47.2 Å². The average molecular weight is 347 g/mol. The molecule has 7 heteroatoms. The molecule has 3 aromatic heterocycles. The van der Waals surface area contributed by atoms with E-state index >= 15 is 0 Å². The minimum atomic E-state index is 0.669. The number of nitrogens with one attached hydrogen (secondary N) is 1. The molecule has 0 bridgehead atoms. The Hall–Kier alpha value is -3.22. The van der Waals surface area contributed by atoms with Gasteiger partial charge < -0.3 is 15.1 Å². The van der Waals surface area contributed by atoms with E-state index in [4.69, 9.17) is 0 Å². The lowest BCUT2D eigenvalue weighted by Crippen LogP contribution is -2.47. The van der Waals surface area contributed by atoms with Gasteiger partial charge >= 0.3 is 0 Å². The maximum atomic E-state index is 4.63. The summed E-state index contributed by atoms with van der Waals surface area (Å²) in [4.78, 5) is 22.1. The van der Waals surface area contributed by atoms with Crippen LogP contribution in [0.25, 0.3) is 0 Å². The summed E-state index contributed by atoms with van der Waals surface area (Å²) in [5.74, 6) is 2.84. The number of hydrogen-bond acceptors (Lipinski definition) is 7. The number of piperazine rings is 1. The summed E-state index contributed by atoms with van der Waals surface area (Å²) in [6.45, 7) is 4.38. The van der Waals surface area contributed by atoms with Gasteiger partial charge in [-0.25, -0.2) is 15.0 Å². The number of rotatable bonds is 5. The summed E-state index contributed by atoms with van der Waals surface area (Å²) in [5.41, 5.74) is 1.16. The molecule has 0 spiro atoms. The first-order chi connectivity index (χ1) is 12.9. The Balaban J connectivity index is 1.42. The van der Waals surface area contributed by atoms with Gasteiger partial charge in [-0.05, 0) is 18.2 Å². The zero-order valence-electron chi connectivity index (χ0n) is 14.5. The highest BCUT2D eigenvalue weighted by molar-refractivity contribution is 5.51. The van der Waals surface area contributed by atoms with Gasteiger partial charge in [0.1, 0.15) is 17.5 Å². The molecule has 1 aliphatic rings.